The van der Waals surface area contributed by atoms with Gasteiger partial charge >= 0.3 is 0 Å². The van der Waals surface area contributed by atoms with Gasteiger partial charge in [0.25, 0.3) is 0 Å². The van der Waals surface area contributed by atoms with Gasteiger partial charge in [-0.1, -0.05) is 12.1 Å². The van der Waals surface area contributed by atoms with Gasteiger partial charge in [-0.2, -0.15) is 0 Å². The van der Waals surface area contributed by atoms with E-state index in [0.29, 0.717) is 6.04 Å². The Kier molecular flexibility index (Phi) is 3.79. The molecule has 0 spiro atoms. The number of likely N-dealkylation sites (tertiary alicyclic amines) is 1. The molecule has 0 unspecified atom stereocenters. The summed E-state index contributed by atoms with van der Waals surface area (Å²) < 4.78 is 0. The highest BCUT2D eigenvalue weighted by Crippen LogP contribution is 2.22. The van der Waals surface area contributed by atoms with Crippen LogP contribution >= 0.6 is 0 Å². The molecule has 0 radical (unpaired) electrons. The van der Waals surface area contributed by atoms with Crippen molar-refractivity contribution < 1.29 is 4.79 Å². The van der Waals surface area contributed by atoms with E-state index in [4.69, 9.17) is 0 Å². The third kappa shape index (κ3) is 2.86. The highest BCUT2D eigenvalue weighted by Gasteiger charge is 2.20. The first-order chi connectivity index (χ1) is 8.20. The van der Waals surface area contributed by atoms with Crippen LogP contribution < -0.4 is 4.90 Å². The number of benzene rings is 1. The summed E-state index contributed by atoms with van der Waals surface area (Å²) in [6, 6.07) is 8.42. The van der Waals surface area contributed by atoms with Gasteiger partial charge in [0.05, 0.1) is 0 Å². The van der Waals surface area contributed by atoms with Crippen molar-refractivity contribution in [3.8, 4) is 0 Å². The minimum absolute atomic E-state index is 0.591. The molecule has 1 fully saturated rings. The summed E-state index contributed by atoms with van der Waals surface area (Å²) in [5, 5.41) is 0. The summed E-state index contributed by atoms with van der Waals surface area (Å²) >= 11 is 0. The predicted molar refractivity (Wildman–Crippen MR) is 70.8 cm³/mol. The predicted octanol–water partition coefficient (Wildman–Crippen LogP) is 2.03. The van der Waals surface area contributed by atoms with Crippen LogP contribution in [-0.2, 0) is 0 Å². The van der Waals surface area contributed by atoms with E-state index in [1.54, 1.807) is 0 Å². The zero-order valence-electron chi connectivity index (χ0n) is 10.6. The quantitative estimate of drug-likeness (QED) is 0.745. The van der Waals surface area contributed by atoms with Gasteiger partial charge in [0.15, 0.2) is 0 Å². The van der Waals surface area contributed by atoms with E-state index >= 15 is 0 Å². The number of carbonyl (C=O) groups excluding carboxylic acids is 1. The fourth-order valence-electron chi connectivity index (χ4n) is 2.41. The summed E-state index contributed by atoms with van der Waals surface area (Å²) in [4.78, 5) is 15.4. The molecule has 1 aromatic rings. The molecule has 1 aliphatic rings. The molecule has 1 aliphatic heterocycles. The van der Waals surface area contributed by atoms with Crippen LogP contribution in [0.15, 0.2) is 24.3 Å². The van der Waals surface area contributed by atoms with E-state index in [-0.39, 0.29) is 0 Å². The Morgan fingerprint density at radius 3 is 2.71 bits per heavy atom. The number of carbonyl (C=O) groups is 1. The van der Waals surface area contributed by atoms with Gasteiger partial charge in [0.1, 0.15) is 6.29 Å². The number of nitrogens with zero attached hydrogens (tertiary/aromatic N) is 2. The van der Waals surface area contributed by atoms with Crippen molar-refractivity contribution in [1.29, 1.82) is 0 Å². The van der Waals surface area contributed by atoms with Crippen LogP contribution in [0.25, 0.3) is 0 Å². The molecule has 0 N–H and O–H groups in total. The molecule has 1 saturated heterocycles. The smallest absolute Gasteiger partial charge is 0.150 e. The highest BCUT2D eigenvalue weighted by molar-refractivity contribution is 5.77. The Morgan fingerprint density at radius 1 is 1.35 bits per heavy atom. The molecule has 2 rings (SSSR count). The lowest BCUT2D eigenvalue weighted by atomic mass is 10.0. The number of hydrogen-bond acceptors (Lipinski definition) is 3. The maximum absolute atomic E-state index is 10.8. The van der Waals surface area contributed by atoms with E-state index in [0.717, 1.165) is 30.6 Å². The molecule has 1 aromatic carbocycles. The number of rotatable bonds is 3. The van der Waals surface area contributed by atoms with Crippen LogP contribution in [0.2, 0.25) is 0 Å². The largest absolute Gasteiger partial charge is 0.371 e. The van der Waals surface area contributed by atoms with Crippen LogP contribution in [0.5, 0.6) is 0 Å². The van der Waals surface area contributed by atoms with Crippen molar-refractivity contribution in [2.75, 3.05) is 32.1 Å². The summed E-state index contributed by atoms with van der Waals surface area (Å²) in [6.45, 7) is 2.31. The molecule has 0 atom stereocenters. The van der Waals surface area contributed by atoms with Crippen LogP contribution in [0.4, 0.5) is 5.69 Å². The summed E-state index contributed by atoms with van der Waals surface area (Å²) in [7, 11) is 4.29. The fraction of sp³-hybridized carbons (Fsp3) is 0.500. The maximum Gasteiger partial charge on any atom is 0.150 e. The highest BCUT2D eigenvalue weighted by atomic mass is 16.1. The van der Waals surface area contributed by atoms with Crippen molar-refractivity contribution in [2.24, 2.45) is 0 Å². The first-order valence-electron chi connectivity index (χ1n) is 6.17. The average Bonchev–Trinajstić information content (AvgIpc) is 2.39. The normalized spacial score (nSPS) is 18.0. The Labute approximate surface area is 103 Å². The molecule has 3 nitrogen and oxygen atoms in total. The Bertz CT molecular complexity index is 384. The van der Waals surface area contributed by atoms with Gasteiger partial charge in [-0.25, -0.2) is 0 Å². The van der Waals surface area contributed by atoms with Crippen LogP contribution in [0.3, 0.4) is 0 Å². The lowest BCUT2D eigenvalue weighted by Gasteiger charge is -2.36. The third-order valence-electron chi connectivity index (χ3n) is 3.65. The minimum atomic E-state index is 0.591. The van der Waals surface area contributed by atoms with Gasteiger partial charge in [-0.15, -0.1) is 0 Å². The van der Waals surface area contributed by atoms with Crippen molar-refractivity contribution in [3.63, 3.8) is 0 Å². The first kappa shape index (κ1) is 12.1. The number of anilines is 1. The first-order valence-corrected chi connectivity index (χ1v) is 6.17. The summed E-state index contributed by atoms with van der Waals surface area (Å²) in [5.74, 6) is 0. The molecule has 0 bridgehead atoms. The molecule has 3 heteroatoms. The molecule has 1 heterocycles. The van der Waals surface area contributed by atoms with E-state index in [1.165, 1.54) is 12.8 Å². The molecule has 92 valence electrons. The van der Waals surface area contributed by atoms with Crippen LogP contribution in [-0.4, -0.2) is 44.4 Å². The number of hydrogen-bond donors (Lipinski definition) is 0. The zero-order valence-corrected chi connectivity index (χ0v) is 10.6. The molecule has 0 saturated carbocycles. The van der Waals surface area contributed by atoms with Crippen molar-refractivity contribution >= 4 is 12.0 Å². The second kappa shape index (κ2) is 5.32. The molecule has 17 heavy (non-hydrogen) atoms. The van der Waals surface area contributed by atoms with Gasteiger partial charge in [0, 0.05) is 24.3 Å². The van der Waals surface area contributed by atoms with Crippen molar-refractivity contribution in [2.45, 2.75) is 18.9 Å². The lowest BCUT2D eigenvalue weighted by molar-refractivity contribution is 0.112. The molecular weight excluding hydrogens is 212 g/mol. The lowest BCUT2D eigenvalue weighted by Crippen LogP contribution is -2.42. The van der Waals surface area contributed by atoms with Crippen LogP contribution in [0.1, 0.15) is 23.2 Å². The molecule has 0 aromatic heterocycles. The van der Waals surface area contributed by atoms with E-state index in [1.807, 2.05) is 18.2 Å². The fourth-order valence-corrected chi connectivity index (χ4v) is 2.41. The number of aldehydes is 1. The molecular formula is C14H20N2O. The van der Waals surface area contributed by atoms with Crippen molar-refractivity contribution in [1.82, 2.24) is 4.90 Å². The minimum Gasteiger partial charge on any atom is -0.371 e. The van der Waals surface area contributed by atoms with E-state index < -0.39 is 0 Å². The van der Waals surface area contributed by atoms with Gasteiger partial charge in [0.2, 0.25) is 0 Å². The zero-order chi connectivity index (χ0) is 12.3. The SMILES string of the molecule is CN1CCC(N(C)c2cccc(C=O)c2)CC1. The second-order valence-electron chi connectivity index (χ2n) is 4.86. The summed E-state index contributed by atoms with van der Waals surface area (Å²) in [6.07, 6.45) is 3.29. The van der Waals surface area contributed by atoms with Gasteiger partial charge < -0.3 is 9.80 Å². The van der Waals surface area contributed by atoms with Crippen molar-refractivity contribution in [3.05, 3.63) is 29.8 Å². The van der Waals surface area contributed by atoms with E-state index in [2.05, 4.69) is 30.0 Å². The topological polar surface area (TPSA) is 23.6 Å². The maximum atomic E-state index is 10.8. The monoisotopic (exact) mass is 232 g/mol. The second-order valence-corrected chi connectivity index (χ2v) is 4.86. The Morgan fingerprint density at radius 2 is 2.06 bits per heavy atom. The molecule has 0 aliphatic carbocycles. The summed E-state index contributed by atoms with van der Waals surface area (Å²) in [5.41, 5.74) is 1.89. The van der Waals surface area contributed by atoms with Crippen LogP contribution in [0, 0.1) is 0 Å². The Hall–Kier alpha value is -1.35. The standard InChI is InChI=1S/C14H20N2O/c1-15-8-6-13(7-9-15)16(2)14-5-3-4-12(10-14)11-17/h3-5,10-11,13H,6-9H2,1-2H3. The Balaban J connectivity index is 2.08. The van der Waals surface area contributed by atoms with E-state index in [9.17, 15) is 4.79 Å². The van der Waals surface area contributed by atoms with Gasteiger partial charge in [-0.05, 0) is 45.1 Å². The van der Waals surface area contributed by atoms with Gasteiger partial charge in [-0.3, -0.25) is 4.79 Å². The average molecular weight is 232 g/mol. The molecule has 0 amide bonds. The third-order valence-corrected chi connectivity index (χ3v) is 3.65. The number of piperidine rings is 1.